The molecule has 134 valence electrons. The van der Waals surface area contributed by atoms with Crippen molar-refractivity contribution in [3.05, 3.63) is 77.6 Å². The molecule has 0 saturated carbocycles. The molecule has 7 heteroatoms. The van der Waals surface area contributed by atoms with Crippen LogP contribution in [-0.2, 0) is 13.2 Å². The van der Waals surface area contributed by atoms with Gasteiger partial charge in [-0.2, -0.15) is 18.3 Å². The van der Waals surface area contributed by atoms with Crippen molar-refractivity contribution in [3.63, 3.8) is 0 Å². The molecule has 3 aromatic rings. The number of hydrogen-bond donors (Lipinski definition) is 0. The third kappa shape index (κ3) is 3.33. The van der Waals surface area contributed by atoms with Gasteiger partial charge in [-0.25, -0.2) is 0 Å². The van der Waals surface area contributed by atoms with Crippen molar-refractivity contribution in [2.75, 3.05) is 4.90 Å². The minimum absolute atomic E-state index is 0.476. The summed E-state index contributed by atoms with van der Waals surface area (Å²) in [5.74, 6) is -0.786. The second kappa shape index (κ2) is 6.67. The Morgan fingerprint density at radius 1 is 1.04 bits per heavy atom. The normalized spacial score (nSPS) is 11.4. The van der Waals surface area contributed by atoms with Crippen molar-refractivity contribution in [2.24, 2.45) is 7.05 Å². The van der Waals surface area contributed by atoms with Gasteiger partial charge in [-0.15, -0.1) is 0 Å². The Balaban J connectivity index is 2.18. The molecule has 0 unspecified atom stereocenters. The van der Waals surface area contributed by atoms with Gasteiger partial charge in [-0.1, -0.05) is 36.4 Å². The lowest BCUT2D eigenvalue weighted by molar-refractivity contribution is -0.141. The molecule has 3 rings (SSSR count). The van der Waals surface area contributed by atoms with E-state index in [1.807, 2.05) is 0 Å². The summed E-state index contributed by atoms with van der Waals surface area (Å²) in [5, 5.41) is 3.44. The maximum absolute atomic E-state index is 13.3. The highest BCUT2D eigenvalue weighted by atomic mass is 19.4. The Morgan fingerprint density at radius 2 is 1.65 bits per heavy atom. The Morgan fingerprint density at radius 3 is 2.27 bits per heavy atom. The van der Waals surface area contributed by atoms with Gasteiger partial charge in [-0.05, 0) is 30.7 Å². The van der Waals surface area contributed by atoms with Crippen LogP contribution in [0.4, 0.5) is 24.5 Å². The Labute approximate surface area is 148 Å². The highest BCUT2D eigenvalue weighted by molar-refractivity contribution is 6.11. The van der Waals surface area contributed by atoms with Gasteiger partial charge in [0.15, 0.2) is 5.69 Å². The highest BCUT2D eigenvalue weighted by Crippen LogP contribution is 2.35. The maximum atomic E-state index is 13.3. The number of alkyl halides is 3. The van der Waals surface area contributed by atoms with Crippen molar-refractivity contribution < 1.29 is 18.0 Å². The van der Waals surface area contributed by atoms with Gasteiger partial charge in [0.2, 0.25) is 0 Å². The van der Waals surface area contributed by atoms with Crippen LogP contribution in [-0.4, -0.2) is 15.7 Å². The lowest BCUT2D eigenvalue weighted by Gasteiger charge is -2.24. The number of carbonyl (C=O) groups is 1. The van der Waals surface area contributed by atoms with E-state index in [9.17, 15) is 18.0 Å². The Bertz CT molecular complexity index is 933. The fraction of sp³-hybridized carbons (Fsp3) is 0.158. The molecule has 0 aliphatic heterocycles. The molecule has 4 nitrogen and oxygen atoms in total. The summed E-state index contributed by atoms with van der Waals surface area (Å²) in [6, 6.07) is 15.6. The molecule has 0 N–H and O–H groups in total. The van der Waals surface area contributed by atoms with Crippen LogP contribution in [0.3, 0.4) is 0 Å². The van der Waals surface area contributed by atoms with E-state index in [2.05, 4.69) is 5.10 Å². The van der Waals surface area contributed by atoms with Gasteiger partial charge in [-0.3, -0.25) is 14.4 Å². The van der Waals surface area contributed by atoms with E-state index in [1.165, 1.54) is 11.9 Å². The van der Waals surface area contributed by atoms with E-state index in [0.717, 1.165) is 16.4 Å². The van der Waals surface area contributed by atoms with Gasteiger partial charge in [0.25, 0.3) is 5.91 Å². The van der Waals surface area contributed by atoms with Gasteiger partial charge in [0, 0.05) is 18.9 Å². The Hall–Kier alpha value is -3.09. The van der Waals surface area contributed by atoms with Gasteiger partial charge in [0.05, 0.1) is 11.3 Å². The minimum atomic E-state index is -4.72. The molecular formula is C19H16F3N3O. The first-order chi connectivity index (χ1) is 12.3. The number of para-hydroxylation sites is 2. The molecule has 0 radical (unpaired) electrons. The van der Waals surface area contributed by atoms with Crippen molar-refractivity contribution in [2.45, 2.75) is 13.1 Å². The lowest BCUT2D eigenvalue weighted by atomic mass is 10.1. The molecule has 0 atom stereocenters. The highest BCUT2D eigenvalue weighted by Gasteiger charge is 2.40. The van der Waals surface area contributed by atoms with Crippen LogP contribution >= 0.6 is 0 Å². The number of aromatic nitrogens is 2. The lowest BCUT2D eigenvalue weighted by Crippen LogP contribution is -2.28. The largest absolute Gasteiger partial charge is 0.435 e. The standard InChI is InChI=1S/C19H16F3N3O/c1-13-8-6-7-11-16(13)25(14-9-4-3-5-10-14)18(26)15-12-24(2)23-17(15)19(20,21)22/h3-12H,1-2H3. The summed E-state index contributed by atoms with van der Waals surface area (Å²) in [4.78, 5) is 14.4. The van der Waals surface area contributed by atoms with Crippen LogP contribution in [0.25, 0.3) is 0 Å². The summed E-state index contributed by atoms with van der Waals surface area (Å²) < 4.78 is 41.0. The summed E-state index contributed by atoms with van der Waals surface area (Å²) in [7, 11) is 1.35. The fourth-order valence-corrected chi connectivity index (χ4v) is 2.73. The number of halogens is 3. The summed E-state index contributed by atoms with van der Waals surface area (Å²) >= 11 is 0. The molecular weight excluding hydrogens is 343 g/mol. The maximum Gasteiger partial charge on any atom is 0.435 e. The predicted octanol–water partition coefficient (Wildman–Crippen LogP) is 4.73. The molecule has 0 saturated heterocycles. The number of anilines is 2. The van der Waals surface area contributed by atoms with E-state index >= 15 is 0 Å². The van der Waals surface area contributed by atoms with Crippen molar-refractivity contribution in [3.8, 4) is 0 Å². The monoisotopic (exact) mass is 359 g/mol. The van der Waals surface area contributed by atoms with Gasteiger partial charge >= 0.3 is 6.18 Å². The van der Waals surface area contributed by atoms with E-state index in [1.54, 1.807) is 61.5 Å². The van der Waals surface area contributed by atoms with Crippen LogP contribution in [0.1, 0.15) is 21.6 Å². The number of amides is 1. The first-order valence-corrected chi connectivity index (χ1v) is 7.85. The average molecular weight is 359 g/mol. The molecule has 0 fully saturated rings. The average Bonchev–Trinajstić information content (AvgIpc) is 3.00. The molecule has 0 spiro atoms. The second-order valence-corrected chi connectivity index (χ2v) is 5.83. The number of benzene rings is 2. The molecule has 0 bridgehead atoms. The van der Waals surface area contributed by atoms with Crippen LogP contribution in [0, 0.1) is 6.92 Å². The van der Waals surface area contributed by atoms with Crippen LogP contribution in [0.15, 0.2) is 60.8 Å². The van der Waals surface area contributed by atoms with E-state index < -0.39 is 23.3 Å². The minimum Gasteiger partial charge on any atom is -0.277 e. The van der Waals surface area contributed by atoms with Crippen LogP contribution < -0.4 is 4.90 Å². The summed E-state index contributed by atoms with van der Waals surface area (Å²) in [6.07, 6.45) is -3.63. The number of rotatable bonds is 3. The van der Waals surface area contributed by atoms with E-state index in [4.69, 9.17) is 0 Å². The molecule has 26 heavy (non-hydrogen) atoms. The van der Waals surface area contributed by atoms with Crippen LogP contribution in [0.2, 0.25) is 0 Å². The molecule has 1 heterocycles. The number of aryl methyl sites for hydroxylation is 2. The van der Waals surface area contributed by atoms with Crippen molar-refractivity contribution >= 4 is 17.3 Å². The predicted molar refractivity (Wildman–Crippen MR) is 92.3 cm³/mol. The first kappa shape index (κ1) is 17.7. The molecule has 0 aliphatic rings. The molecule has 1 amide bonds. The topological polar surface area (TPSA) is 38.1 Å². The SMILES string of the molecule is Cc1ccccc1N(C(=O)c1cn(C)nc1C(F)(F)F)c1ccccc1. The zero-order valence-corrected chi connectivity index (χ0v) is 14.2. The fourth-order valence-electron chi connectivity index (χ4n) is 2.73. The Kier molecular flexibility index (Phi) is 4.54. The van der Waals surface area contributed by atoms with E-state index in [0.29, 0.717) is 11.4 Å². The second-order valence-electron chi connectivity index (χ2n) is 5.83. The van der Waals surface area contributed by atoms with Crippen molar-refractivity contribution in [1.82, 2.24) is 9.78 Å². The quantitative estimate of drug-likeness (QED) is 0.678. The number of nitrogens with zero attached hydrogens (tertiary/aromatic N) is 3. The molecule has 1 aromatic heterocycles. The van der Waals surface area contributed by atoms with Crippen molar-refractivity contribution in [1.29, 1.82) is 0 Å². The summed E-state index contributed by atoms with van der Waals surface area (Å²) in [5.41, 5.74) is 0.0678. The van der Waals surface area contributed by atoms with Gasteiger partial charge < -0.3 is 0 Å². The van der Waals surface area contributed by atoms with E-state index in [-0.39, 0.29) is 0 Å². The summed E-state index contributed by atoms with van der Waals surface area (Å²) in [6.45, 7) is 1.80. The van der Waals surface area contributed by atoms with Crippen LogP contribution in [0.5, 0.6) is 0 Å². The molecule has 2 aromatic carbocycles. The number of carbonyl (C=O) groups excluding carboxylic acids is 1. The third-order valence-corrected chi connectivity index (χ3v) is 3.90. The van der Waals surface area contributed by atoms with Gasteiger partial charge in [0.1, 0.15) is 0 Å². The molecule has 0 aliphatic carbocycles. The number of hydrogen-bond acceptors (Lipinski definition) is 2. The smallest absolute Gasteiger partial charge is 0.277 e. The zero-order valence-electron chi connectivity index (χ0n) is 14.2. The third-order valence-electron chi connectivity index (χ3n) is 3.90. The zero-order chi connectivity index (χ0) is 18.9. The first-order valence-electron chi connectivity index (χ1n) is 7.85.